The van der Waals surface area contributed by atoms with Crippen LogP contribution in [0.1, 0.15) is 44.1 Å². The SMILES string of the molecule is Cc1cccc(CCNC(=O)c2cc3n(n2)CCCN(Cc2ccccc2)C3=O)c1. The molecule has 0 saturated carbocycles. The molecule has 6 nitrogen and oxygen atoms in total. The first-order chi connectivity index (χ1) is 14.6. The summed E-state index contributed by atoms with van der Waals surface area (Å²) >= 11 is 0. The highest BCUT2D eigenvalue weighted by atomic mass is 16.2. The Bertz CT molecular complexity index is 1040. The van der Waals surface area contributed by atoms with Crippen molar-refractivity contribution in [3.05, 3.63) is 88.7 Å². The summed E-state index contributed by atoms with van der Waals surface area (Å²) in [4.78, 5) is 27.4. The number of amides is 2. The molecule has 3 aromatic rings. The maximum atomic E-state index is 13.0. The Morgan fingerprint density at radius 2 is 1.83 bits per heavy atom. The van der Waals surface area contributed by atoms with Crippen molar-refractivity contribution < 1.29 is 9.59 Å². The predicted molar refractivity (Wildman–Crippen MR) is 115 cm³/mol. The Morgan fingerprint density at radius 3 is 2.63 bits per heavy atom. The highest BCUT2D eigenvalue weighted by Gasteiger charge is 2.26. The Kier molecular flexibility index (Phi) is 5.93. The van der Waals surface area contributed by atoms with E-state index in [9.17, 15) is 9.59 Å². The average molecular weight is 402 g/mol. The molecule has 1 aliphatic heterocycles. The lowest BCUT2D eigenvalue weighted by molar-refractivity contribution is 0.0745. The molecule has 2 heterocycles. The molecule has 6 heteroatoms. The van der Waals surface area contributed by atoms with Crippen molar-refractivity contribution in [3.63, 3.8) is 0 Å². The Hall–Kier alpha value is -3.41. The standard InChI is InChI=1S/C24H26N4O2/c1-18-7-5-10-19(15-18)11-12-25-23(29)21-16-22-24(30)27(13-6-14-28(22)26-21)17-20-8-3-2-4-9-20/h2-5,7-10,15-16H,6,11-14,17H2,1H3,(H,25,29). The lowest BCUT2D eigenvalue weighted by Gasteiger charge is -2.20. The van der Waals surface area contributed by atoms with E-state index in [0.717, 1.165) is 18.4 Å². The first-order valence-electron chi connectivity index (χ1n) is 10.3. The third-order valence-corrected chi connectivity index (χ3v) is 5.31. The lowest BCUT2D eigenvalue weighted by Crippen LogP contribution is -2.30. The van der Waals surface area contributed by atoms with E-state index in [4.69, 9.17) is 0 Å². The van der Waals surface area contributed by atoms with Crippen LogP contribution in [0, 0.1) is 6.92 Å². The van der Waals surface area contributed by atoms with Gasteiger partial charge in [0.1, 0.15) is 5.69 Å². The minimum Gasteiger partial charge on any atom is -0.350 e. The van der Waals surface area contributed by atoms with Gasteiger partial charge >= 0.3 is 0 Å². The van der Waals surface area contributed by atoms with Crippen molar-refractivity contribution in [3.8, 4) is 0 Å². The van der Waals surface area contributed by atoms with Crippen molar-refractivity contribution >= 4 is 11.8 Å². The largest absolute Gasteiger partial charge is 0.350 e. The number of fused-ring (bicyclic) bond motifs is 1. The number of nitrogens with zero attached hydrogens (tertiary/aromatic N) is 3. The second-order valence-corrected chi connectivity index (χ2v) is 7.70. The number of rotatable bonds is 6. The third-order valence-electron chi connectivity index (χ3n) is 5.31. The highest BCUT2D eigenvalue weighted by molar-refractivity contribution is 5.98. The molecule has 0 radical (unpaired) electrons. The van der Waals surface area contributed by atoms with Crippen LogP contribution < -0.4 is 5.32 Å². The van der Waals surface area contributed by atoms with Gasteiger partial charge in [-0.25, -0.2) is 0 Å². The van der Waals surface area contributed by atoms with Crippen LogP contribution in [0.25, 0.3) is 0 Å². The summed E-state index contributed by atoms with van der Waals surface area (Å²) in [7, 11) is 0. The van der Waals surface area contributed by atoms with Gasteiger partial charge in [0.2, 0.25) is 0 Å². The summed E-state index contributed by atoms with van der Waals surface area (Å²) in [5, 5.41) is 7.32. The number of carbonyl (C=O) groups excluding carboxylic acids is 2. The maximum Gasteiger partial charge on any atom is 0.272 e. The van der Waals surface area contributed by atoms with Gasteiger partial charge in [-0.3, -0.25) is 14.3 Å². The summed E-state index contributed by atoms with van der Waals surface area (Å²) in [6.07, 6.45) is 1.56. The predicted octanol–water partition coefficient (Wildman–Crippen LogP) is 3.21. The van der Waals surface area contributed by atoms with Crippen molar-refractivity contribution in [2.24, 2.45) is 0 Å². The molecule has 1 aliphatic rings. The molecule has 0 spiro atoms. The van der Waals surface area contributed by atoms with Gasteiger partial charge in [0, 0.05) is 32.2 Å². The molecule has 0 aliphatic carbocycles. The van der Waals surface area contributed by atoms with Crippen molar-refractivity contribution in [1.29, 1.82) is 0 Å². The van der Waals surface area contributed by atoms with Crippen LogP contribution in [0.4, 0.5) is 0 Å². The summed E-state index contributed by atoms with van der Waals surface area (Å²) in [5.41, 5.74) is 4.25. The van der Waals surface area contributed by atoms with Gasteiger partial charge in [-0.15, -0.1) is 0 Å². The zero-order valence-corrected chi connectivity index (χ0v) is 17.2. The quantitative estimate of drug-likeness (QED) is 0.688. The molecule has 4 rings (SSSR count). The fraction of sp³-hybridized carbons (Fsp3) is 0.292. The topological polar surface area (TPSA) is 67.2 Å². The lowest BCUT2D eigenvalue weighted by atomic mass is 10.1. The molecule has 0 unspecified atom stereocenters. The summed E-state index contributed by atoms with van der Waals surface area (Å²) in [6.45, 7) is 4.44. The smallest absolute Gasteiger partial charge is 0.272 e. The molecular weight excluding hydrogens is 376 g/mol. The van der Waals surface area contributed by atoms with E-state index in [0.29, 0.717) is 37.6 Å². The number of nitrogens with one attached hydrogen (secondary N) is 1. The third kappa shape index (κ3) is 4.59. The number of hydrogen-bond donors (Lipinski definition) is 1. The van der Waals surface area contributed by atoms with Gasteiger partial charge < -0.3 is 10.2 Å². The molecule has 0 bridgehead atoms. The second kappa shape index (κ2) is 8.95. The molecule has 2 aromatic carbocycles. The van der Waals surface area contributed by atoms with Gasteiger partial charge in [0.25, 0.3) is 11.8 Å². The normalized spacial score (nSPS) is 13.6. The van der Waals surface area contributed by atoms with E-state index < -0.39 is 0 Å². The van der Waals surface area contributed by atoms with Crippen LogP contribution in [-0.2, 0) is 19.5 Å². The monoisotopic (exact) mass is 402 g/mol. The van der Waals surface area contributed by atoms with Crippen molar-refractivity contribution in [2.45, 2.75) is 32.9 Å². The maximum absolute atomic E-state index is 13.0. The molecule has 0 fully saturated rings. The Morgan fingerprint density at radius 1 is 1.03 bits per heavy atom. The first-order valence-corrected chi connectivity index (χ1v) is 10.3. The molecule has 0 atom stereocenters. The van der Waals surface area contributed by atoms with Gasteiger partial charge in [0.15, 0.2) is 5.69 Å². The van der Waals surface area contributed by atoms with E-state index in [1.165, 1.54) is 11.1 Å². The van der Waals surface area contributed by atoms with Crippen LogP contribution in [0.2, 0.25) is 0 Å². The van der Waals surface area contributed by atoms with Gasteiger partial charge in [-0.05, 0) is 30.9 Å². The number of benzene rings is 2. The van der Waals surface area contributed by atoms with Crippen molar-refractivity contribution in [2.75, 3.05) is 13.1 Å². The number of hydrogen-bond acceptors (Lipinski definition) is 3. The molecule has 2 amide bonds. The van der Waals surface area contributed by atoms with Crippen LogP contribution in [0.15, 0.2) is 60.7 Å². The molecule has 0 saturated heterocycles. The van der Waals surface area contributed by atoms with Crippen LogP contribution in [0.5, 0.6) is 0 Å². The van der Waals surface area contributed by atoms with E-state index in [1.807, 2.05) is 41.3 Å². The fourth-order valence-corrected chi connectivity index (χ4v) is 3.78. The van der Waals surface area contributed by atoms with E-state index in [2.05, 4.69) is 35.5 Å². The minimum absolute atomic E-state index is 0.0809. The van der Waals surface area contributed by atoms with Crippen LogP contribution >= 0.6 is 0 Å². The van der Waals surface area contributed by atoms with Crippen LogP contribution in [0.3, 0.4) is 0 Å². The molecular formula is C24H26N4O2. The second-order valence-electron chi connectivity index (χ2n) is 7.70. The Labute approximate surface area is 176 Å². The number of aryl methyl sites for hydroxylation is 2. The van der Waals surface area contributed by atoms with Crippen LogP contribution in [-0.4, -0.2) is 39.6 Å². The van der Waals surface area contributed by atoms with E-state index in [1.54, 1.807) is 10.7 Å². The molecule has 1 N–H and O–H groups in total. The zero-order valence-electron chi connectivity index (χ0n) is 17.2. The molecule has 30 heavy (non-hydrogen) atoms. The number of aromatic nitrogens is 2. The molecule has 1 aromatic heterocycles. The number of carbonyl (C=O) groups is 2. The highest BCUT2D eigenvalue weighted by Crippen LogP contribution is 2.16. The summed E-state index contributed by atoms with van der Waals surface area (Å²) in [6, 6.07) is 19.8. The Balaban J connectivity index is 1.41. The summed E-state index contributed by atoms with van der Waals surface area (Å²) < 4.78 is 1.67. The average Bonchev–Trinajstić information content (AvgIpc) is 3.12. The van der Waals surface area contributed by atoms with Gasteiger partial charge in [-0.2, -0.15) is 5.10 Å². The van der Waals surface area contributed by atoms with Crippen molar-refractivity contribution in [1.82, 2.24) is 20.0 Å². The fourth-order valence-electron chi connectivity index (χ4n) is 3.78. The zero-order chi connectivity index (χ0) is 20.9. The van der Waals surface area contributed by atoms with E-state index in [-0.39, 0.29) is 11.8 Å². The minimum atomic E-state index is -0.245. The van der Waals surface area contributed by atoms with E-state index >= 15 is 0 Å². The summed E-state index contributed by atoms with van der Waals surface area (Å²) in [5.74, 6) is -0.326. The van der Waals surface area contributed by atoms with Gasteiger partial charge in [0.05, 0.1) is 0 Å². The molecule has 154 valence electrons. The first kappa shape index (κ1) is 19.9. The van der Waals surface area contributed by atoms with Gasteiger partial charge in [-0.1, -0.05) is 60.2 Å².